The van der Waals surface area contributed by atoms with Gasteiger partial charge in [-0.2, -0.15) is 0 Å². The third kappa shape index (κ3) is 31.5. The van der Waals surface area contributed by atoms with E-state index < -0.39 is 137 Å². The third-order valence-electron chi connectivity index (χ3n) is 16.8. The van der Waals surface area contributed by atoms with Crippen molar-refractivity contribution in [1.82, 2.24) is 58.1 Å². The first kappa shape index (κ1) is 85.5. The fraction of sp³-hybridized carbons (Fsp3) is 0.529. The van der Waals surface area contributed by atoms with E-state index in [4.69, 9.17) is 45.9 Å². The van der Waals surface area contributed by atoms with Crippen molar-refractivity contribution in [2.24, 2.45) is 66.8 Å². The first-order chi connectivity index (χ1) is 49.5. The van der Waals surface area contributed by atoms with Crippen molar-refractivity contribution in [2.45, 2.75) is 197 Å². The van der Waals surface area contributed by atoms with E-state index in [-0.39, 0.29) is 127 Å². The zero-order valence-electron chi connectivity index (χ0n) is 60.0. The lowest BCUT2D eigenvalue weighted by Crippen LogP contribution is -2.61. The highest BCUT2D eigenvalue weighted by molar-refractivity contribution is 5.99. The number of likely N-dealkylation sites (tertiary alicyclic amines) is 1. The Kier molecular flexibility index (Phi) is 37.1. The SMILES string of the molecule is CC(=O)N[C@@H](Cc1ccccc1)C(=O)N[C@@H](Cc1ccccc1)C(=O)N[C@@H](Cc1ccccc1)C(=O)N[C@@H](CCCN=C(N)N)C(=O)N[C@@H](CC(C)C)C(=O)N[C@@H](CCCN=C(N)N)C(=O)N[C@@H](C)C(=O)N[C@H](C)C(=O)N[C@@H](CCCN=C(N)N)C(=O)N1CCC[C@H]1C(=O)N[C@@H](CCCCN)C(N)=O. The summed E-state index contributed by atoms with van der Waals surface area (Å²) in [6.07, 6.45) is 2.17. The Hall–Kier alpha value is -10.9. The van der Waals surface area contributed by atoms with Gasteiger partial charge in [-0.05, 0) is 120 Å². The van der Waals surface area contributed by atoms with Gasteiger partial charge in [0.25, 0.3) is 0 Å². The maximum atomic E-state index is 14.9. The van der Waals surface area contributed by atoms with Crippen LogP contribution in [0.15, 0.2) is 106 Å². The number of hydrogen-bond acceptors (Lipinski definition) is 16. The predicted molar refractivity (Wildman–Crippen MR) is 393 cm³/mol. The molecule has 104 heavy (non-hydrogen) atoms. The van der Waals surface area contributed by atoms with E-state index in [2.05, 4.69) is 68.1 Å². The van der Waals surface area contributed by atoms with Crippen molar-refractivity contribution in [3.05, 3.63) is 108 Å². The number of unbranched alkanes of at least 4 members (excludes halogenated alkanes) is 1. The number of rotatable bonds is 45. The van der Waals surface area contributed by atoms with E-state index in [1.54, 1.807) is 105 Å². The smallest absolute Gasteiger partial charge is 0.245 e. The highest BCUT2D eigenvalue weighted by Gasteiger charge is 2.40. The summed E-state index contributed by atoms with van der Waals surface area (Å²) >= 11 is 0. The molecule has 3 aromatic carbocycles. The molecule has 0 unspecified atom stereocenters. The van der Waals surface area contributed by atoms with Crippen LogP contribution in [0.2, 0.25) is 0 Å². The van der Waals surface area contributed by atoms with Crippen LogP contribution in [-0.4, -0.2) is 193 Å². The molecular formula is C70H108N22O12. The number of amides is 12. The van der Waals surface area contributed by atoms with Gasteiger partial charge in [-0.25, -0.2) is 0 Å². The first-order valence-electron chi connectivity index (χ1n) is 35.0. The largest absolute Gasteiger partial charge is 0.370 e. The second-order valence-electron chi connectivity index (χ2n) is 26.1. The minimum atomic E-state index is -1.42. The van der Waals surface area contributed by atoms with Gasteiger partial charge < -0.3 is 104 Å². The number of nitrogens with one attached hydrogen (secondary N) is 10. The van der Waals surface area contributed by atoms with Crippen LogP contribution in [0.1, 0.15) is 128 Å². The van der Waals surface area contributed by atoms with Crippen molar-refractivity contribution in [1.29, 1.82) is 0 Å². The predicted octanol–water partition coefficient (Wildman–Crippen LogP) is -3.57. The minimum Gasteiger partial charge on any atom is -0.370 e. The Morgan fingerprint density at radius 1 is 0.413 bits per heavy atom. The second-order valence-corrected chi connectivity index (χ2v) is 26.1. The maximum Gasteiger partial charge on any atom is 0.245 e. The summed E-state index contributed by atoms with van der Waals surface area (Å²) in [7, 11) is 0. The van der Waals surface area contributed by atoms with Crippen LogP contribution in [0.3, 0.4) is 0 Å². The van der Waals surface area contributed by atoms with Gasteiger partial charge in [-0.1, -0.05) is 105 Å². The molecule has 11 atom stereocenters. The van der Waals surface area contributed by atoms with Crippen LogP contribution in [-0.2, 0) is 76.8 Å². The van der Waals surface area contributed by atoms with E-state index in [1.165, 1.54) is 25.7 Å². The van der Waals surface area contributed by atoms with Crippen LogP contribution < -0.4 is 99.0 Å². The number of carbonyl (C=O) groups is 12. The molecule has 0 saturated carbocycles. The Labute approximate surface area is 606 Å². The molecule has 1 heterocycles. The molecule has 570 valence electrons. The molecule has 1 saturated heterocycles. The van der Waals surface area contributed by atoms with Gasteiger partial charge in [0.05, 0.1) is 0 Å². The number of hydrogen-bond donors (Lipinski definition) is 18. The van der Waals surface area contributed by atoms with Gasteiger partial charge in [0.1, 0.15) is 66.5 Å². The molecular weight excluding hydrogens is 1340 g/mol. The standard InChI is InChI=1S/C70H108N22O12/c1-41(2)37-52(89-61(98)50(29-18-34-80-69(75)76)87-64(101)54(39-46-23-11-7-12-24-46)91-65(102)55(40-47-25-13-8-14-26-47)90-63(100)53(84-44(5)93)38-45-21-9-6-10-22-45)62(99)86-49(28-17-33-79-68(73)74)60(97)83-42(3)58(95)82-43(4)59(96)88-51(30-19-35-81-70(77)78)67(104)92-36-20-31-56(92)66(103)85-48(57(72)94)27-15-16-32-71/h6-14,21-26,41-43,48-56H,15-20,27-40,71H2,1-5H3,(H2,72,94)(H,82,95)(H,83,97)(H,84,93)(H,85,103)(H,86,99)(H,87,101)(H,88,96)(H,89,98)(H,90,100)(H,91,102)(H4,73,74,79)(H4,75,76,80)(H4,77,78,81)/t42-,43+,48-,49-,50-,51-,52-,53-,54-,55-,56-/m0/s1. The fourth-order valence-corrected chi connectivity index (χ4v) is 11.4. The molecule has 1 aliphatic heterocycles. The molecule has 0 spiro atoms. The fourth-order valence-electron chi connectivity index (χ4n) is 11.4. The Bertz CT molecular complexity index is 3410. The van der Waals surface area contributed by atoms with Crippen LogP contribution in [0, 0.1) is 5.92 Å². The first-order valence-corrected chi connectivity index (χ1v) is 35.0. The lowest BCUT2D eigenvalue weighted by Gasteiger charge is -2.30. The summed E-state index contributed by atoms with van der Waals surface area (Å²) < 4.78 is 0. The molecule has 1 aliphatic rings. The monoisotopic (exact) mass is 1450 g/mol. The van der Waals surface area contributed by atoms with Crippen molar-refractivity contribution in [2.75, 3.05) is 32.7 Å². The zero-order chi connectivity index (χ0) is 76.8. The number of benzene rings is 3. The van der Waals surface area contributed by atoms with Gasteiger partial charge in [0, 0.05) is 52.4 Å². The molecule has 4 rings (SSSR count). The van der Waals surface area contributed by atoms with Crippen LogP contribution in [0.4, 0.5) is 0 Å². The number of aliphatic imine (C=N–C) groups is 3. The number of primary amides is 1. The lowest BCUT2D eigenvalue weighted by molar-refractivity contribution is -0.142. The number of guanidine groups is 3. The number of nitrogens with two attached hydrogens (primary N) is 8. The number of nitrogens with zero attached hydrogens (tertiary/aromatic N) is 4. The molecule has 34 heteroatoms. The quantitative estimate of drug-likeness (QED) is 0.0148. The summed E-state index contributed by atoms with van der Waals surface area (Å²) in [6, 6.07) is 12.5. The molecule has 34 nitrogen and oxygen atoms in total. The van der Waals surface area contributed by atoms with Crippen molar-refractivity contribution < 1.29 is 57.5 Å². The van der Waals surface area contributed by atoms with Gasteiger partial charge >= 0.3 is 0 Å². The van der Waals surface area contributed by atoms with Gasteiger partial charge in [0.15, 0.2) is 17.9 Å². The van der Waals surface area contributed by atoms with Gasteiger partial charge in [-0.3, -0.25) is 72.5 Å². The highest BCUT2D eigenvalue weighted by Crippen LogP contribution is 2.21. The van der Waals surface area contributed by atoms with Crippen LogP contribution in [0.25, 0.3) is 0 Å². The molecule has 12 amide bonds. The highest BCUT2D eigenvalue weighted by atomic mass is 16.2. The van der Waals surface area contributed by atoms with Crippen LogP contribution >= 0.6 is 0 Å². The average molecular weight is 1450 g/mol. The van der Waals surface area contributed by atoms with Crippen molar-refractivity contribution in [3.8, 4) is 0 Å². The van der Waals surface area contributed by atoms with Crippen molar-refractivity contribution >= 4 is 88.8 Å². The minimum absolute atomic E-state index is 0.00261. The molecule has 26 N–H and O–H groups in total. The summed E-state index contributed by atoms with van der Waals surface area (Å²) in [6.45, 7) is 8.11. The molecule has 3 aromatic rings. The molecule has 0 bridgehead atoms. The van der Waals surface area contributed by atoms with E-state index in [9.17, 15) is 57.5 Å². The molecule has 0 aliphatic carbocycles. The third-order valence-corrected chi connectivity index (χ3v) is 16.8. The Morgan fingerprint density at radius 2 is 0.760 bits per heavy atom. The van der Waals surface area contributed by atoms with Crippen molar-refractivity contribution in [3.63, 3.8) is 0 Å². The van der Waals surface area contributed by atoms with E-state index in [1.807, 2.05) is 0 Å². The average Bonchev–Trinajstić information content (AvgIpc) is 1.70. The Morgan fingerprint density at radius 3 is 1.16 bits per heavy atom. The lowest BCUT2D eigenvalue weighted by atomic mass is 10.00. The Balaban J connectivity index is 1.58. The van der Waals surface area contributed by atoms with E-state index >= 15 is 0 Å². The van der Waals surface area contributed by atoms with Gasteiger partial charge in [0.2, 0.25) is 70.9 Å². The molecule has 0 radical (unpaired) electrons. The summed E-state index contributed by atoms with van der Waals surface area (Å²) in [5.41, 5.74) is 46.7. The van der Waals surface area contributed by atoms with E-state index in [0.717, 1.165) is 5.56 Å². The molecule has 0 aromatic heterocycles. The summed E-state index contributed by atoms with van der Waals surface area (Å²) in [4.78, 5) is 181. The summed E-state index contributed by atoms with van der Waals surface area (Å²) in [5.74, 6) is -9.94. The second kappa shape index (κ2) is 45.1. The normalized spacial score (nSPS) is 15.3. The summed E-state index contributed by atoms with van der Waals surface area (Å²) in [5, 5.41) is 27.0. The maximum absolute atomic E-state index is 14.9. The van der Waals surface area contributed by atoms with Gasteiger partial charge in [-0.15, -0.1) is 0 Å². The zero-order valence-corrected chi connectivity index (χ0v) is 60.0. The van der Waals surface area contributed by atoms with E-state index in [0.29, 0.717) is 36.9 Å². The molecule has 1 fully saturated rings. The topological polar surface area (TPSA) is 574 Å². The van der Waals surface area contributed by atoms with Crippen LogP contribution in [0.5, 0.6) is 0 Å². The number of carbonyl (C=O) groups excluding carboxylic acids is 12.